The van der Waals surface area contributed by atoms with E-state index in [1.165, 1.54) is 15.7 Å². The molecule has 110 valence electrons. The summed E-state index contributed by atoms with van der Waals surface area (Å²) in [5.74, 6) is 0.728. The first-order valence-electron chi connectivity index (χ1n) is 6.09. The first kappa shape index (κ1) is 13.6. The Morgan fingerprint density at radius 1 is 1.67 bits per heavy atom. The Morgan fingerprint density at radius 3 is 3.19 bits per heavy atom. The van der Waals surface area contributed by atoms with Crippen molar-refractivity contribution in [1.29, 1.82) is 0 Å². The molecule has 0 aliphatic heterocycles. The van der Waals surface area contributed by atoms with Crippen molar-refractivity contribution in [2.75, 3.05) is 19.0 Å². The number of rotatable bonds is 6. The van der Waals surface area contributed by atoms with Crippen molar-refractivity contribution in [3.8, 4) is 0 Å². The summed E-state index contributed by atoms with van der Waals surface area (Å²) in [5.41, 5.74) is 0. The largest absolute Gasteiger partial charge is 0.467 e. The van der Waals surface area contributed by atoms with Crippen molar-refractivity contribution in [1.82, 2.24) is 9.38 Å². The minimum absolute atomic E-state index is 0.0982. The summed E-state index contributed by atoms with van der Waals surface area (Å²) in [6, 6.07) is 3.18. The van der Waals surface area contributed by atoms with E-state index in [0.29, 0.717) is 17.3 Å². The van der Waals surface area contributed by atoms with Crippen molar-refractivity contribution < 1.29 is 14.1 Å². The Bertz CT molecular complexity index is 749. The third-order valence-electron chi connectivity index (χ3n) is 2.94. The number of hydrogen-bond donors (Lipinski definition) is 1. The molecule has 0 aromatic carbocycles. The lowest BCUT2D eigenvalue weighted by Crippen LogP contribution is -2.16. The Morgan fingerprint density at radius 2 is 2.52 bits per heavy atom. The third-order valence-corrected chi connectivity index (χ3v) is 3.70. The predicted octanol–water partition coefficient (Wildman–Crippen LogP) is 2.70. The molecule has 0 amide bonds. The molecule has 0 radical (unpaired) electrons. The molecule has 8 nitrogen and oxygen atoms in total. The lowest BCUT2D eigenvalue weighted by Gasteiger charge is -2.14. The van der Waals surface area contributed by atoms with Crippen LogP contribution in [0, 0.1) is 10.1 Å². The van der Waals surface area contributed by atoms with Crippen LogP contribution in [0.25, 0.3) is 4.96 Å². The number of nitrogens with one attached hydrogen (secondary N) is 1. The van der Waals surface area contributed by atoms with E-state index in [-0.39, 0.29) is 17.7 Å². The molecule has 1 atom stereocenters. The maximum atomic E-state index is 11.3. The van der Waals surface area contributed by atoms with Gasteiger partial charge in [0.15, 0.2) is 0 Å². The Balaban J connectivity index is 1.97. The van der Waals surface area contributed by atoms with E-state index in [1.54, 1.807) is 37.1 Å². The van der Waals surface area contributed by atoms with Crippen LogP contribution in [0.1, 0.15) is 11.8 Å². The molecule has 0 aliphatic carbocycles. The second-order valence-electron chi connectivity index (χ2n) is 4.26. The molecular weight excluding hydrogens is 296 g/mol. The zero-order valence-electron chi connectivity index (χ0n) is 11.1. The summed E-state index contributed by atoms with van der Waals surface area (Å²) in [6.07, 6.45) is 3.16. The first-order valence-corrected chi connectivity index (χ1v) is 6.97. The first-order chi connectivity index (χ1) is 10.2. The van der Waals surface area contributed by atoms with Gasteiger partial charge in [-0.05, 0) is 17.1 Å². The molecule has 0 aliphatic rings. The van der Waals surface area contributed by atoms with Gasteiger partial charge in [-0.1, -0.05) is 11.3 Å². The van der Waals surface area contributed by atoms with Gasteiger partial charge in [0.1, 0.15) is 18.0 Å². The lowest BCUT2D eigenvalue weighted by molar-refractivity contribution is -0.389. The molecule has 3 aromatic rings. The van der Waals surface area contributed by atoms with E-state index < -0.39 is 4.92 Å². The second-order valence-corrected chi connectivity index (χ2v) is 5.14. The van der Waals surface area contributed by atoms with Gasteiger partial charge in [-0.15, -0.1) is 0 Å². The number of imidazole rings is 1. The molecule has 9 heteroatoms. The third kappa shape index (κ3) is 2.48. The number of nitrogens with zero attached hydrogens (tertiary/aromatic N) is 3. The number of ether oxygens (including phenoxy) is 1. The zero-order valence-corrected chi connectivity index (χ0v) is 11.9. The lowest BCUT2D eigenvalue weighted by atomic mass is 10.2. The fourth-order valence-electron chi connectivity index (χ4n) is 2.06. The highest BCUT2D eigenvalue weighted by Crippen LogP contribution is 2.31. The summed E-state index contributed by atoms with van der Waals surface area (Å²) < 4.78 is 11.9. The maximum absolute atomic E-state index is 11.3. The number of thiazole rings is 1. The van der Waals surface area contributed by atoms with Gasteiger partial charge in [0, 0.05) is 12.5 Å². The van der Waals surface area contributed by atoms with Gasteiger partial charge in [0.25, 0.3) is 4.96 Å². The molecule has 3 heterocycles. The number of nitro groups is 1. The number of anilines is 1. The van der Waals surface area contributed by atoms with Crippen molar-refractivity contribution >= 4 is 27.9 Å². The van der Waals surface area contributed by atoms with E-state index in [4.69, 9.17) is 9.15 Å². The van der Waals surface area contributed by atoms with Crippen LogP contribution >= 0.6 is 11.3 Å². The van der Waals surface area contributed by atoms with Gasteiger partial charge in [-0.3, -0.25) is 0 Å². The van der Waals surface area contributed by atoms with Crippen molar-refractivity contribution in [3.05, 3.63) is 45.8 Å². The predicted molar refractivity (Wildman–Crippen MR) is 76.7 cm³/mol. The van der Waals surface area contributed by atoms with E-state index in [2.05, 4.69) is 10.3 Å². The molecule has 3 aromatic heterocycles. The SMILES string of the molecule is COCC(Nc1nc2sccn2c1[N+](=O)[O-])c1ccco1. The van der Waals surface area contributed by atoms with Crippen LogP contribution in [0.15, 0.2) is 34.4 Å². The molecule has 0 saturated heterocycles. The quantitative estimate of drug-likeness (QED) is 0.555. The van der Waals surface area contributed by atoms with Gasteiger partial charge in [-0.2, -0.15) is 9.38 Å². The zero-order chi connectivity index (χ0) is 14.8. The topological polar surface area (TPSA) is 94.8 Å². The van der Waals surface area contributed by atoms with E-state index >= 15 is 0 Å². The van der Waals surface area contributed by atoms with Gasteiger partial charge in [0.05, 0.1) is 12.9 Å². The molecule has 0 bridgehead atoms. The molecule has 0 spiro atoms. The molecular formula is C12H12N4O4S. The highest BCUT2D eigenvalue weighted by molar-refractivity contribution is 7.15. The highest BCUT2D eigenvalue weighted by atomic mass is 32.1. The molecule has 3 rings (SSSR count). The summed E-state index contributed by atoms with van der Waals surface area (Å²) in [7, 11) is 1.55. The number of furan rings is 1. The summed E-state index contributed by atoms with van der Waals surface area (Å²) >= 11 is 1.33. The second kappa shape index (κ2) is 5.54. The number of fused-ring (bicyclic) bond motifs is 1. The number of hydrogen-bond acceptors (Lipinski definition) is 7. The summed E-state index contributed by atoms with van der Waals surface area (Å²) in [4.78, 5) is 15.6. The van der Waals surface area contributed by atoms with Crippen LogP contribution in [-0.2, 0) is 4.74 Å². The maximum Gasteiger partial charge on any atom is 0.372 e. The Kier molecular flexibility index (Phi) is 3.59. The average Bonchev–Trinajstić information content (AvgIpc) is 3.14. The molecule has 1 unspecified atom stereocenters. The monoisotopic (exact) mass is 308 g/mol. The van der Waals surface area contributed by atoms with Crippen LogP contribution in [-0.4, -0.2) is 28.0 Å². The van der Waals surface area contributed by atoms with Crippen molar-refractivity contribution in [2.24, 2.45) is 0 Å². The Labute approximate surface area is 123 Å². The molecule has 0 saturated carbocycles. The molecule has 1 N–H and O–H groups in total. The van der Waals surface area contributed by atoms with Crippen LogP contribution in [0.5, 0.6) is 0 Å². The standard InChI is InChI=1S/C12H12N4O4S/c1-19-7-8(9-3-2-5-20-9)13-10-11(16(17)18)15-4-6-21-12(15)14-10/h2-6,8,13H,7H2,1H3. The van der Waals surface area contributed by atoms with Crippen molar-refractivity contribution in [2.45, 2.75) is 6.04 Å². The number of methoxy groups -OCH3 is 1. The van der Waals surface area contributed by atoms with E-state index in [9.17, 15) is 10.1 Å². The van der Waals surface area contributed by atoms with E-state index in [0.717, 1.165) is 0 Å². The molecule has 21 heavy (non-hydrogen) atoms. The summed E-state index contributed by atoms with van der Waals surface area (Å²) in [5, 5.41) is 16.0. The highest BCUT2D eigenvalue weighted by Gasteiger charge is 2.26. The smallest absolute Gasteiger partial charge is 0.372 e. The van der Waals surface area contributed by atoms with Crippen LogP contribution in [0.2, 0.25) is 0 Å². The average molecular weight is 308 g/mol. The van der Waals surface area contributed by atoms with Gasteiger partial charge in [0.2, 0.25) is 5.82 Å². The van der Waals surface area contributed by atoms with E-state index in [1.807, 2.05) is 0 Å². The molecule has 0 fully saturated rings. The van der Waals surface area contributed by atoms with Crippen LogP contribution in [0.4, 0.5) is 11.6 Å². The van der Waals surface area contributed by atoms with Crippen molar-refractivity contribution in [3.63, 3.8) is 0 Å². The normalized spacial score (nSPS) is 12.6. The minimum atomic E-state index is -0.457. The van der Waals surface area contributed by atoms with Gasteiger partial charge >= 0.3 is 5.82 Å². The van der Waals surface area contributed by atoms with Gasteiger partial charge < -0.3 is 24.6 Å². The number of aromatic nitrogens is 2. The Hall–Kier alpha value is -2.39. The fraction of sp³-hybridized carbons (Fsp3) is 0.250. The van der Waals surface area contributed by atoms with Crippen LogP contribution < -0.4 is 5.32 Å². The van der Waals surface area contributed by atoms with Crippen LogP contribution in [0.3, 0.4) is 0 Å². The minimum Gasteiger partial charge on any atom is -0.467 e. The summed E-state index contributed by atoms with van der Waals surface area (Å²) in [6.45, 7) is 0.301. The van der Waals surface area contributed by atoms with Gasteiger partial charge in [-0.25, -0.2) is 0 Å². The fourth-order valence-corrected chi connectivity index (χ4v) is 2.77.